The molecule has 16 heavy (non-hydrogen) atoms. The van der Waals surface area contributed by atoms with Gasteiger partial charge in [0.05, 0.1) is 5.56 Å². The van der Waals surface area contributed by atoms with Crippen LogP contribution in [-0.2, 0) is 12.8 Å². The highest BCUT2D eigenvalue weighted by Gasteiger charge is 2.22. The van der Waals surface area contributed by atoms with E-state index >= 15 is 0 Å². The van der Waals surface area contributed by atoms with Crippen LogP contribution in [0.3, 0.4) is 0 Å². The number of aromatic nitrogens is 1. The van der Waals surface area contributed by atoms with Crippen LogP contribution in [0.1, 0.15) is 44.9 Å². The van der Waals surface area contributed by atoms with Gasteiger partial charge in [0, 0.05) is 5.69 Å². The van der Waals surface area contributed by atoms with Gasteiger partial charge in [-0.2, -0.15) is 0 Å². The van der Waals surface area contributed by atoms with Gasteiger partial charge in [-0.15, -0.1) is 0 Å². The molecular weight excluding hydrogens is 210 g/mol. The minimum Gasteiger partial charge on any atom is -0.478 e. The van der Waals surface area contributed by atoms with Gasteiger partial charge in [0.25, 0.3) is 0 Å². The Morgan fingerprint density at radius 3 is 2.44 bits per heavy atom. The van der Waals surface area contributed by atoms with Crippen molar-refractivity contribution in [2.45, 2.75) is 25.7 Å². The van der Waals surface area contributed by atoms with E-state index in [4.69, 9.17) is 10.2 Å². The summed E-state index contributed by atoms with van der Waals surface area (Å²) < 4.78 is 0. The Morgan fingerprint density at radius 1 is 1.12 bits per heavy atom. The zero-order valence-corrected chi connectivity index (χ0v) is 8.56. The molecular formula is C11H11NO4. The fourth-order valence-corrected chi connectivity index (χ4v) is 1.96. The molecule has 0 bridgehead atoms. The number of nitrogens with zero attached hydrogens (tertiary/aromatic N) is 1. The summed E-state index contributed by atoms with van der Waals surface area (Å²) in [6.45, 7) is 0. The summed E-state index contributed by atoms with van der Waals surface area (Å²) in [5.41, 5.74) is 1.03. The number of hydrogen-bond donors (Lipinski definition) is 2. The Bertz CT molecular complexity index is 424. The van der Waals surface area contributed by atoms with Crippen LogP contribution in [0.4, 0.5) is 0 Å². The highest BCUT2D eigenvalue weighted by molar-refractivity contribution is 6.00. The minimum absolute atomic E-state index is 0.215. The average molecular weight is 221 g/mol. The van der Waals surface area contributed by atoms with E-state index in [1.54, 1.807) is 0 Å². The molecule has 1 aliphatic rings. The van der Waals surface area contributed by atoms with Gasteiger partial charge in [-0.25, -0.2) is 14.6 Å². The van der Waals surface area contributed by atoms with Crippen molar-refractivity contribution in [2.75, 3.05) is 0 Å². The quantitative estimate of drug-likeness (QED) is 0.787. The number of rotatable bonds is 2. The first kappa shape index (κ1) is 10.6. The molecule has 0 unspecified atom stereocenters. The van der Waals surface area contributed by atoms with Crippen LogP contribution in [0.2, 0.25) is 0 Å². The van der Waals surface area contributed by atoms with Gasteiger partial charge in [0.2, 0.25) is 0 Å². The van der Waals surface area contributed by atoms with E-state index in [0.29, 0.717) is 0 Å². The summed E-state index contributed by atoms with van der Waals surface area (Å²) in [7, 11) is 0. The highest BCUT2D eigenvalue weighted by Crippen LogP contribution is 2.22. The molecule has 0 fully saturated rings. The predicted molar refractivity (Wildman–Crippen MR) is 54.8 cm³/mol. The smallest absolute Gasteiger partial charge is 0.355 e. The second kappa shape index (κ2) is 3.92. The monoisotopic (exact) mass is 221 g/mol. The van der Waals surface area contributed by atoms with Crippen molar-refractivity contribution < 1.29 is 19.8 Å². The number of carboxylic acids is 2. The van der Waals surface area contributed by atoms with Gasteiger partial charge in [-0.1, -0.05) is 0 Å². The van der Waals surface area contributed by atoms with Gasteiger partial charge in [-0.3, -0.25) is 0 Å². The lowest BCUT2D eigenvalue weighted by atomic mass is 9.94. The van der Waals surface area contributed by atoms with E-state index in [0.717, 1.165) is 36.9 Å². The molecule has 2 N–H and O–H groups in total. The number of aromatic carboxylic acids is 2. The molecule has 1 aromatic rings. The Hall–Kier alpha value is -1.91. The van der Waals surface area contributed by atoms with Crippen LogP contribution in [0.15, 0.2) is 6.07 Å². The van der Waals surface area contributed by atoms with Crippen LogP contribution in [-0.4, -0.2) is 27.1 Å². The maximum atomic E-state index is 10.9. The molecule has 0 atom stereocenters. The topological polar surface area (TPSA) is 87.5 Å². The molecule has 5 heteroatoms. The summed E-state index contributed by atoms with van der Waals surface area (Å²) >= 11 is 0. The number of aryl methyl sites for hydroxylation is 2. The Balaban J connectivity index is 2.59. The SMILES string of the molecule is O=C(O)c1cc2c(nc1C(=O)O)CCCC2. The van der Waals surface area contributed by atoms with Crippen molar-refractivity contribution in [1.29, 1.82) is 0 Å². The first-order valence-corrected chi connectivity index (χ1v) is 5.09. The Morgan fingerprint density at radius 2 is 1.81 bits per heavy atom. The maximum Gasteiger partial charge on any atom is 0.355 e. The van der Waals surface area contributed by atoms with E-state index in [9.17, 15) is 9.59 Å². The third-order valence-corrected chi connectivity index (χ3v) is 2.73. The molecule has 1 heterocycles. The van der Waals surface area contributed by atoms with Gasteiger partial charge in [0.1, 0.15) is 0 Å². The number of pyridine rings is 1. The molecule has 0 aliphatic heterocycles. The van der Waals surface area contributed by atoms with Gasteiger partial charge >= 0.3 is 11.9 Å². The van der Waals surface area contributed by atoms with Crippen LogP contribution in [0.25, 0.3) is 0 Å². The molecule has 0 saturated carbocycles. The lowest BCUT2D eigenvalue weighted by molar-refractivity contribution is 0.0645. The second-order valence-corrected chi connectivity index (χ2v) is 3.81. The molecule has 0 aromatic carbocycles. The van der Waals surface area contributed by atoms with Crippen molar-refractivity contribution in [3.8, 4) is 0 Å². The van der Waals surface area contributed by atoms with Crippen molar-refractivity contribution in [3.63, 3.8) is 0 Å². The number of fused-ring (bicyclic) bond motifs is 1. The Kier molecular flexibility index (Phi) is 2.60. The van der Waals surface area contributed by atoms with Gasteiger partial charge in [0.15, 0.2) is 5.69 Å². The third kappa shape index (κ3) is 1.76. The van der Waals surface area contributed by atoms with Crippen molar-refractivity contribution in [2.24, 2.45) is 0 Å². The molecule has 84 valence electrons. The Labute approximate surface area is 91.7 Å². The summed E-state index contributed by atoms with van der Waals surface area (Å²) in [5.74, 6) is -2.52. The molecule has 0 amide bonds. The summed E-state index contributed by atoms with van der Waals surface area (Å²) in [6.07, 6.45) is 3.49. The summed E-state index contributed by atoms with van der Waals surface area (Å²) in [4.78, 5) is 25.7. The average Bonchev–Trinajstić information content (AvgIpc) is 2.27. The zero-order chi connectivity index (χ0) is 11.7. The standard InChI is InChI=1S/C11H11NO4/c13-10(14)7-5-6-3-1-2-4-8(6)12-9(7)11(15)16/h5H,1-4H2,(H,13,14)(H,15,16). The molecule has 0 spiro atoms. The fraction of sp³-hybridized carbons (Fsp3) is 0.364. The molecule has 0 radical (unpaired) electrons. The summed E-state index contributed by atoms with van der Waals surface area (Å²) in [5, 5.41) is 17.8. The van der Waals surface area contributed by atoms with Crippen LogP contribution < -0.4 is 0 Å². The zero-order valence-electron chi connectivity index (χ0n) is 8.56. The second-order valence-electron chi connectivity index (χ2n) is 3.81. The van der Waals surface area contributed by atoms with Gasteiger partial charge < -0.3 is 10.2 Å². The molecule has 1 aromatic heterocycles. The number of hydrogen-bond acceptors (Lipinski definition) is 3. The van der Waals surface area contributed by atoms with Crippen molar-refractivity contribution in [1.82, 2.24) is 4.98 Å². The van der Waals surface area contributed by atoms with Crippen LogP contribution in [0.5, 0.6) is 0 Å². The van der Waals surface area contributed by atoms with E-state index in [2.05, 4.69) is 4.98 Å². The maximum absolute atomic E-state index is 10.9. The lowest BCUT2D eigenvalue weighted by Crippen LogP contribution is -2.16. The molecule has 5 nitrogen and oxygen atoms in total. The largest absolute Gasteiger partial charge is 0.478 e. The van der Waals surface area contributed by atoms with E-state index in [1.165, 1.54) is 6.07 Å². The molecule has 1 aliphatic carbocycles. The first-order chi connectivity index (χ1) is 7.59. The van der Waals surface area contributed by atoms with E-state index < -0.39 is 11.9 Å². The minimum atomic E-state index is -1.29. The highest BCUT2D eigenvalue weighted by atomic mass is 16.4. The van der Waals surface area contributed by atoms with Crippen molar-refractivity contribution >= 4 is 11.9 Å². The van der Waals surface area contributed by atoms with Gasteiger partial charge in [-0.05, 0) is 37.3 Å². The third-order valence-electron chi connectivity index (χ3n) is 2.73. The number of carbonyl (C=O) groups is 2. The molecule has 0 saturated heterocycles. The van der Waals surface area contributed by atoms with Crippen LogP contribution in [0, 0.1) is 0 Å². The van der Waals surface area contributed by atoms with Crippen molar-refractivity contribution in [3.05, 3.63) is 28.6 Å². The van der Waals surface area contributed by atoms with E-state index in [-0.39, 0.29) is 11.3 Å². The fourth-order valence-electron chi connectivity index (χ4n) is 1.96. The number of carboxylic acid groups (broad SMARTS) is 2. The van der Waals surface area contributed by atoms with Crippen LogP contribution >= 0.6 is 0 Å². The molecule has 2 rings (SSSR count). The predicted octanol–water partition coefficient (Wildman–Crippen LogP) is 1.36. The summed E-state index contributed by atoms with van der Waals surface area (Å²) in [6, 6.07) is 1.45. The normalized spacial score (nSPS) is 14.2. The van der Waals surface area contributed by atoms with E-state index in [1.807, 2.05) is 0 Å². The first-order valence-electron chi connectivity index (χ1n) is 5.09. The lowest BCUT2D eigenvalue weighted by Gasteiger charge is -2.16.